The summed E-state index contributed by atoms with van der Waals surface area (Å²) in [7, 11) is 1.77. The van der Waals surface area contributed by atoms with Gasteiger partial charge in [0.15, 0.2) is 0 Å². The molecule has 2 saturated carbocycles. The van der Waals surface area contributed by atoms with E-state index in [0.29, 0.717) is 29.1 Å². The molecule has 34 heavy (non-hydrogen) atoms. The van der Waals surface area contributed by atoms with Crippen LogP contribution in [0.3, 0.4) is 0 Å². The molecule has 3 aromatic heterocycles. The fourth-order valence-corrected chi connectivity index (χ4v) is 4.75. The number of pyridine rings is 1. The van der Waals surface area contributed by atoms with Crippen molar-refractivity contribution in [1.82, 2.24) is 19.4 Å². The van der Waals surface area contributed by atoms with E-state index in [2.05, 4.69) is 44.2 Å². The molecular weight excluding hydrogens is 448 g/mol. The summed E-state index contributed by atoms with van der Waals surface area (Å²) >= 11 is 6.11. The van der Waals surface area contributed by atoms with Gasteiger partial charge in [0.2, 0.25) is 5.91 Å². The molecule has 8 heteroatoms. The molecule has 0 saturated heterocycles. The first-order chi connectivity index (χ1) is 16.5. The summed E-state index contributed by atoms with van der Waals surface area (Å²) in [4.78, 5) is 28.0. The second-order valence-corrected chi connectivity index (χ2v) is 9.69. The summed E-state index contributed by atoms with van der Waals surface area (Å²) in [6.07, 6.45) is 9.11. The van der Waals surface area contributed by atoms with Crippen LogP contribution < -0.4 is 10.2 Å². The number of amides is 1. The highest BCUT2D eigenvalue weighted by Gasteiger charge is 2.45. The number of carbonyl (C=O) groups is 1. The van der Waals surface area contributed by atoms with Crippen LogP contribution in [0.4, 0.5) is 11.6 Å². The SMILES string of the molecule is CN(C(=O)C1CC1c1cccc(Cl)c1)c1cc(NCc2cn3cc(C4CC4)ccc3n2)ncn1. The number of aromatic nitrogens is 4. The smallest absolute Gasteiger partial charge is 0.231 e. The van der Waals surface area contributed by atoms with E-state index in [1.54, 1.807) is 18.0 Å². The molecule has 172 valence electrons. The van der Waals surface area contributed by atoms with Gasteiger partial charge in [-0.3, -0.25) is 9.69 Å². The van der Waals surface area contributed by atoms with Crippen molar-refractivity contribution in [2.24, 2.45) is 5.92 Å². The normalized spacial score (nSPS) is 19.2. The number of nitrogens with one attached hydrogen (secondary N) is 1. The minimum absolute atomic E-state index is 0.0478. The zero-order chi connectivity index (χ0) is 23.2. The molecule has 1 amide bonds. The quantitative estimate of drug-likeness (QED) is 0.408. The number of nitrogens with zero attached hydrogens (tertiary/aromatic N) is 5. The standard InChI is InChI=1S/C26H25ClN6O/c1-32(26(34)22-10-21(22)17-3-2-4-19(27)9-17)25-11-23(29-15-30-25)28-12-20-14-33-13-18(16-5-6-16)7-8-24(33)31-20/h2-4,7-9,11,13-16,21-22H,5-6,10,12H2,1H3,(H,28,29,30). The summed E-state index contributed by atoms with van der Waals surface area (Å²) in [6.45, 7) is 0.536. The predicted octanol–water partition coefficient (Wildman–Crippen LogP) is 5.03. The lowest BCUT2D eigenvalue weighted by atomic mass is 10.1. The van der Waals surface area contributed by atoms with E-state index in [-0.39, 0.29) is 17.7 Å². The molecule has 2 aliphatic rings. The second kappa shape index (κ2) is 8.40. The Morgan fingerprint density at radius 3 is 2.85 bits per heavy atom. The molecule has 1 N–H and O–H groups in total. The number of benzene rings is 1. The molecule has 2 aliphatic carbocycles. The molecule has 6 rings (SSSR count). The minimum Gasteiger partial charge on any atom is -0.364 e. The first kappa shape index (κ1) is 21.1. The van der Waals surface area contributed by atoms with Crippen molar-refractivity contribution >= 4 is 34.8 Å². The summed E-state index contributed by atoms with van der Waals surface area (Å²) in [5, 5.41) is 4.01. The first-order valence-electron chi connectivity index (χ1n) is 11.6. The Labute approximate surface area is 202 Å². The number of rotatable bonds is 7. The van der Waals surface area contributed by atoms with Gasteiger partial charge in [-0.05, 0) is 60.4 Å². The van der Waals surface area contributed by atoms with E-state index in [1.807, 2.05) is 24.3 Å². The van der Waals surface area contributed by atoms with E-state index in [0.717, 1.165) is 23.3 Å². The van der Waals surface area contributed by atoms with Crippen LogP contribution in [0.15, 0.2) is 61.2 Å². The van der Waals surface area contributed by atoms with Crippen molar-refractivity contribution in [3.05, 3.63) is 83.0 Å². The Bertz CT molecular complexity index is 1380. The van der Waals surface area contributed by atoms with Crippen LogP contribution in [-0.2, 0) is 11.3 Å². The Morgan fingerprint density at radius 2 is 2.03 bits per heavy atom. The molecule has 0 spiro atoms. The Kier molecular flexibility index (Phi) is 5.21. The van der Waals surface area contributed by atoms with Crippen molar-refractivity contribution in [3.63, 3.8) is 0 Å². The monoisotopic (exact) mass is 472 g/mol. The van der Waals surface area contributed by atoms with E-state index < -0.39 is 0 Å². The minimum atomic E-state index is -0.0478. The first-order valence-corrected chi connectivity index (χ1v) is 12.0. The molecule has 4 aromatic rings. The summed E-state index contributed by atoms with van der Waals surface area (Å²) in [5.41, 5.74) is 4.36. The third-order valence-electron chi connectivity index (χ3n) is 6.73. The number of anilines is 2. The van der Waals surface area contributed by atoms with Gasteiger partial charge in [0.25, 0.3) is 0 Å². The molecule has 0 radical (unpaired) electrons. The number of hydrogen-bond acceptors (Lipinski definition) is 5. The summed E-state index contributed by atoms with van der Waals surface area (Å²) < 4.78 is 2.09. The lowest BCUT2D eigenvalue weighted by Crippen LogP contribution is -2.29. The van der Waals surface area contributed by atoms with Gasteiger partial charge in [-0.25, -0.2) is 15.0 Å². The highest BCUT2D eigenvalue weighted by atomic mass is 35.5. The van der Waals surface area contributed by atoms with Crippen LogP contribution in [0, 0.1) is 5.92 Å². The van der Waals surface area contributed by atoms with Crippen molar-refractivity contribution in [1.29, 1.82) is 0 Å². The average molecular weight is 473 g/mol. The van der Waals surface area contributed by atoms with Crippen molar-refractivity contribution < 1.29 is 4.79 Å². The zero-order valence-electron chi connectivity index (χ0n) is 18.9. The lowest BCUT2D eigenvalue weighted by Gasteiger charge is -2.17. The molecule has 7 nitrogen and oxygen atoms in total. The molecule has 0 aliphatic heterocycles. The van der Waals surface area contributed by atoms with Crippen LogP contribution >= 0.6 is 11.6 Å². The van der Waals surface area contributed by atoms with Crippen LogP contribution in [0.25, 0.3) is 5.65 Å². The maximum atomic E-state index is 13.0. The van der Waals surface area contributed by atoms with Gasteiger partial charge >= 0.3 is 0 Å². The molecular formula is C26H25ClN6O. The molecule has 2 atom stereocenters. The van der Waals surface area contributed by atoms with E-state index in [9.17, 15) is 4.79 Å². The van der Waals surface area contributed by atoms with Crippen molar-refractivity contribution in [2.75, 3.05) is 17.3 Å². The third-order valence-corrected chi connectivity index (χ3v) is 6.97. The second-order valence-electron chi connectivity index (χ2n) is 9.25. The topological polar surface area (TPSA) is 75.4 Å². The largest absolute Gasteiger partial charge is 0.364 e. The fraction of sp³-hybridized carbons (Fsp3) is 0.308. The lowest BCUT2D eigenvalue weighted by molar-refractivity contribution is -0.119. The number of carbonyl (C=O) groups excluding carboxylic acids is 1. The molecule has 0 bridgehead atoms. The predicted molar refractivity (Wildman–Crippen MR) is 132 cm³/mol. The van der Waals surface area contributed by atoms with Crippen LogP contribution in [-0.4, -0.2) is 32.3 Å². The Hall–Kier alpha value is -3.45. The molecule has 2 unspecified atom stereocenters. The van der Waals surface area contributed by atoms with Crippen LogP contribution in [0.5, 0.6) is 0 Å². The summed E-state index contributed by atoms with van der Waals surface area (Å²) in [6, 6.07) is 13.8. The van der Waals surface area contributed by atoms with E-state index in [4.69, 9.17) is 16.6 Å². The zero-order valence-corrected chi connectivity index (χ0v) is 19.6. The Balaban J connectivity index is 1.11. The highest BCUT2D eigenvalue weighted by molar-refractivity contribution is 6.30. The Morgan fingerprint density at radius 1 is 1.15 bits per heavy atom. The third kappa shape index (κ3) is 4.23. The van der Waals surface area contributed by atoms with Gasteiger partial charge in [0.05, 0.1) is 12.2 Å². The van der Waals surface area contributed by atoms with Gasteiger partial charge in [0, 0.05) is 36.4 Å². The number of halogens is 1. The molecule has 3 heterocycles. The molecule has 2 fully saturated rings. The van der Waals surface area contributed by atoms with Gasteiger partial charge in [-0.1, -0.05) is 29.8 Å². The maximum absolute atomic E-state index is 13.0. The average Bonchev–Trinajstić information content (AvgIpc) is 3.78. The molecule has 1 aromatic carbocycles. The van der Waals surface area contributed by atoms with Gasteiger partial charge in [-0.15, -0.1) is 0 Å². The van der Waals surface area contributed by atoms with Gasteiger partial charge in [-0.2, -0.15) is 0 Å². The number of imidazole rings is 1. The van der Waals surface area contributed by atoms with E-state index in [1.165, 1.54) is 24.7 Å². The van der Waals surface area contributed by atoms with Crippen molar-refractivity contribution in [2.45, 2.75) is 37.6 Å². The van der Waals surface area contributed by atoms with Crippen LogP contribution in [0.2, 0.25) is 5.02 Å². The van der Waals surface area contributed by atoms with Gasteiger partial charge < -0.3 is 9.72 Å². The maximum Gasteiger partial charge on any atom is 0.231 e. The number of fused-ring (bicyclic) bond motifs is 1. The highest BCUT2D eigenvalue weighted by Crippen LogP contribution is 2.49. The number of hydrogen-bond donors (Lipinski definition) is 1. The van der Waals surface area contributed by atoms with E-state index >= 15 is 0 Å². The fourth-order valence-electron chi connectivity index (χ4n) is 4.55. The van der Waals surface area contributed by atoms with Crippen LogP contribution in [0.1, 0.15) is 47.9 Å². The van der Waals surface area contributed by atoms with Crippen molar-refractivity contribution in [3.8, 4) is 0 Å². The summed E-state index contributed by atoms with van der Waals surface area (Å²) in [5.74, 6) is 2.16. The van der Waals surface area contributed by atoms with Gasteiger partial charge in [0.1, 0.15) is 23.6 Å².